The molecule has 1 N–H and O–H groups in total. The molecule has 1 heterocycles. The third kappa shape index (κ3) is 1.66. The summed E-state index contributed by atoms with van der Waals surface area (Å²) in [5.41, 5.74) is 2.18. The molecule has 0 radical (unpaired) electrons. The van der Waals surface area contributed by atoms with Gasteiger partial charge in [0.15, 0.2) is 0 Å². The molecule has 0 bridgehead atoms. The van der Waals surface area contributed by atoms with Crippen LogP contribution in [-0.4, -0.2) is 11.2 Å². The summed E-state index contributed by atoms with van der Waals surface area (Å²) < 4.78 is 13.4. The average Bonchev–Trinajstić information content (AvgIpc) is 2.45. The Morgan fingerprint density at radius 1 is 1.50 bits per heavy atom. The summed E-state index contributed by atoms with van der Waals surface area (Å²) in [5, 5.41) is 3.34. The number of nitrogens with one attached hydrogen (secondary N) is 1. The molecule has 1 aromatic rings. The third-order valence-electron chi connectivity index (χ3n) is 2.26. The smallest absolute Gasteiger partial charge is 0.228 e. The normalized spacial score (nSPS) is 14.0. The number of hydrogen-bond donors (Lipinski definition) is 1. The van der Waals surface area contributed by atoms with Crippen LogP contribution in [0.5, 0.6) is 0 Å². The van der Waals surface area contributed by atoms with E-state index in [0.29, 0.717) is 24.1 Å². The van der Waals surface area contributed by atoms with Gasteiger partial charge in [-0.3, -0.25) is 4.79 Å². The second-order valence-electron chi connectivity index (χ2n) is 3.26. The Hall–Kier alpha value is -0.900. The second-order valence-corrected chi connectivity index (χ2v) is 4.06. The third-order valence-corrected chi connectivity index (χ3v) is 2.66. The standard InChI is InChI=1S/C10H9BrFNO/c11-2-1-6-3-7-4-10(14)13-9(7)5-8(6)12/h3,5H,1-2,4H2,(H,13,14). The minimum absolute atomic E-state index is 0.0598. The van der Waals surface area contributed by atoms with Crippen LogP contribution in [0.2, 0.25) is 0 Å². The van der Waals surface area contributed by atoms with Gasteiger partial charge in [-0.25, -0.2) is 4.39 Å². The van der Waals surface area contributed by atoms with E-state index in [1.807, 2.05) is 0 Å². The van der Waals surface area contributed by atoms with Gasteiger partial charge in [0.05, 0.1) is 6.42 Å². The monoisotopic (exact) mass is 257 g/mol. The first-order valence-electron chi connectivity index (χ1n) is 4.38. The van der Waals surface area contributed by atoms with Crippen LogP contribution in [0.4, 0.5) is 10.1 Å². The summed E-state index contributed by atoms with van der Waals surface area (Å²) >= 11 is 3.26. The van der Waals surface area contributed by atoms with Crippen molar-refractivity contribution in [3.8, 4) is 0 Å². The molecule has 0 unspecified atom stereocenters. The lowest BCUT2D eigenvalue weighted by Gasteiger charge is -2.04. The van der Waals surface area contributed by atoms with Crippen LogP contribution in [0.25, 0.3) is 0 Å². The molecule has 2 rings (SSSR count). The number of alkyl halides is 1. The predicted molar refractivity (Wildman–Crippen MR) is 56.2 cm³/mol. The number of fused-ring (bicyclic) bond motifs is 1. The van der Waals surface area contributed by atoms with Gasteiger partial charge in [-0.2, -0.15) is 0 Å². The first-order chi connectivity index (χ1) is 6.70. The van der Waals surface area contributed by atoms with Gasteiger partial charge < -0.3 is 5.32 Å². The van der Waals surface area contributed by atoms with Gasteiger partial charge in [0.25, 0.3) is 0 Å². The molecule has 1 aliphatic rings. The van der Waals surface area contributed by atoms with E-state index in [9.17, 15) is 9.18 Å². The fraction of sp³-hybridized carbons (Fsp3) is 0.300. The number of halogens is 2. The first kappa shape index (κ1) is 9.65. The SMILES string of the molecule is O=C1Cc2cc(CCBr)c(F)cc2N1. The molecule has 14 heavy (non-hydrogen) atoms. The number of rotatable bonds is 2. The van der Waals surface area contributed by atoms with Crippen molar-refractivity contribution in [3.63, 3.8) is 0 Å². The largest absolute Gasteiger partial charge is 0.325 e. The van der Waals surface area contributed by atoms with Crippen LogP contribution < -0.4 is 5.32 Å². The average molecular weight is 258 g/mol. The molecule has 0 aliphatic carbocycles. The molecule has 1 aromatic carbocycles. The fourth-order valence-electron chi connectivity index (χ4n) is 1.59. The van der Waals surface area contributed by atoms with Crippen LogP contribution in [0.3, 0.4) is 0 Å². The van der Waals surface area contributed by atoms with Crippen molar-refractivity contribution < 1.29 is 9.18 Å². The molecule has 0 atom stereocenters. The summed E-state index contributed by atoms with van der Waals surface area (Å²) in [5.74, 6) is -0.305. The Balaban J connectivity index is 2.39. The van der Waals surface area contributed by atoms with Crippen molar-refractivity contribution in [1.29, 1.82) is 0 Å². The highest BCUT2D eigenvalue weighted by Gasteiger charge is 2.19. The Morgan fingerprint density at radius 3 is 3.00 bits per heavy atom. The van der Waals surface area contributed by atoms with Gasteiger partial charge in [0.1, 0.15) is 5.82 Å². The van der Waals surface area contributed by atoms with Gasteiger partial charge in [0, 0.05) is 11.0 Å². The Bertz CT molecular complexity index is 392. The number of amides is 1. The molecule has 0 aromatic heterocycles. The maximum Gasteiger partial charge on any atom is 0.228 e. The van der Waals surface area contributed by atoms with E-state index in [1.165, 1.54) is 6.07 Å². The number of hydrogen-bond acceptors (Lipinski definition) is 1. The van der Waals surface area contributed by atoms with Crippen molar-refractivity contribution in [2.24, 2.45) is 0 Å². The molecular formula is C10H9BrFNO. The molecular weight excluding hydrogens is 249 g/mol. The predicted octanol–water partition coefficient (Wildman–Crippen LogP) is 2.26. The molecule has 4 heteroatoms. The van der Waals surface area contributed by atoms with Crippen molar-refractivity contribution in [3.05, 3.63) is 29.1 Å². The molecule has 74 valence electrons. The van der Waals surface area contributed by atoms with Crippen molar-refractivity contribution in [1.82, 2.24) is 0 Å². The zero-order chi connectivity index (χ0) is 10.1. The number of benzene rings is 1. The van der Waals surface area contributed by atoms with E-state index in [1.54, 1.807) is 6.07 Å². The minimum Gasteiger partial charge on any atom is -0.325 e. The van der Waals surface area contributed by atoms with Crippen molar-refractivity contribution >= 4 is 27.5 Å². The zero-order valence-corrected chi connectivity index (χ0v) is 9.03. The van der Waals surface area contributed by atoms with E-state index in [0.717, 1.165) is 10.9 Å². The first-order valence-corrected chi connectivity index (χ1v) is 5.50. The van der Waals surface area contributed by atoms with Crippen molar-refractivity contribution in [2.75, 3.05) is 10.6 Å². The minimum atomic E-state index is -0.245. The highest BCUT2D eigenvalue weighted by atomic mass is 79.9. The second kappa shape index (κ2) is 3.69. The molecule has 0 spiro atoms. The topological polar surface area (TPSA) is 29.1 Å². The lowest BCUT2D eigenvalue weighted by molar-refractivity contribution is -0.115. The molecule has 2 nitrogen and oxygen atoms in total. The van der Waals surface area contributed by atoms with Crippen LogP contribution in [-0.2, 0) is 17.6 Å². The number of carbonyl (C=O) groups is 1. The Morgan fingerprint density at radius 2 is 2.29 bits per heavy atom. The van der Waals surface area contributed by atoms with Gasteiger partial charge in [-0.05, 0) is 23.6 Å². The molecule has 0 saturated carbocycles. The van der Waals surface area contributed by atoms with E-state index >= 15 is 0 Å². The van der Waals surface area contributed by atoms with Crippen LogP contribution in [0, 0.1) is 5.82 Å². The highest BCUT2D eigenvalue weighted by Crippen LogP contribution is 2.26. The lowest BCUT2D eigenvalue weighted by Crippen LogP contribution is -2.03. The van der Waals surface area contributed by atoms with E-state index in [2.05, 4.69) is 21.2 Å². The summed E-state index contributed by atoms with van der Waals surface area (Å²) in [6.07, 6.45) is 1.01. The number of anilines is 1. The zero-order valence-electron chi connectivity index (χ0n) is 7.44. The highest BCUT2D eigenvalue weighted by molar-refractivity contribution is 9.09. The Labute approximate surface area is 89.6 Å². The number of carbonyl (C=O) groups excluding carboxylic acids is 1. The van der Waals surface area contributed by atoms with Gasteiger partial charge >= 0.3 is 0 Å². The quantitative estimate of drug-likeness (QED) is 0.810. The summed E-state index contributed by atoms with van der Waals surface area (Å²) in [6, 6.07) is 3.17. The fourth-order valence-corrected chi connectivity index (χ4v) is 2.02. The molecule has 0 saturated heterocycles. The van der Waals surface area contributed by atoms with Gasteiger partial charge in [-0.15, -0.1) is 0 Å². The van der Waals surface area contributed by atoms with Crippen LogP contribution in [0.15, 0.2) is 12.1 Å². The molecule has 1 aliphatic heterocycles. The van der Waals surface area contributed by atoms with E-state index < -0.39 is 0 Å². The van der Waals surface area contributed by atoms with Crippen molar-refractivity contribution in [2.45, 2.75) is 12.8 Å². The van der Waals surface area contributed by atoms with E-state index in [4.69, 9.17) is 0 Å². The summed E-state index contributed by atoms with van der Waals surface area (Å²) in [6.45, 7) is 0. The summed E-state index contributed by atoms with van der Waals surface area (Å²) in [4.78, 5) is 11.0. The van der Waals surface area contributed by atoms with Gasteiger partial charge in [-0.1, -0.05) is 22.0 Å². The summed E-state index contributed by atoms with van der Waals surface area (Å²) in [7, 11) is 0. The molecule has 0 fully saturated rings. The van der Waals surface area contributed by atoms with E-state index in [-0.39, 0.29) is 11.7 Å². The van der Waals surface area contributed by atoms with Crippen LogP contribution >= 0.6 is 15.9 Å². The van der Waals surface area contributed by atoms with Gasteiger partial charge in [0.2, 0.25) is 5.91 Å². The molecule has 1 amide bonds. The lowest BCUT2D eigenvalue weighted by atomic mass is 10.1. The Kier molecular flexibility index (Phi) is 2.54. The van der Waals surface area contributed by atoms with Crippen LogP contribution in [0.1, 0.15) is 11.1 Å². The maximum absolute atomic E-state index is 13.4. The maximum atomic E-state index is 13.4. The number of aryl methyl sites for hydroxylation is 1.